The minimum atomic E-state index is -0.626. The molecule has 32 heavy (non-hydrogen) atoms. The maximum atomic E-state index is 12.9. The topological polar surface area (TPSA) is 100 Å². The van der Waals surface area contributed by atoms with Gasteiger partial charge in [-0.05, 0) is 24.0 Å². The zero-order valence-corrected chi connectivity index (χ0v) is 18.5. The van der Waals surface area contributed by atoms with Crippen LogP contribution in [0, 0.1) is 0 Å². The Morgan fingerprint density at radius 3 is 2.84 bits per heavy atom. The molecule has 0 spiro atoms. The molecule has 2 atom stereocenters. The molecule has 0 aliphatic carbocycles. The number of fused-ring (bicyclic) bond motifs is 1. The molecule has 1 aromatic carbocycles. The summed E-state index contributed by atoms with van der Waals surface area (Å²) in [7, 11) is 0. The van der Waals surface area contributed by atoms with Crippen LogP contribution in [0.4, 0.5) is 0 Å². The molecule has 4 aliphatic rings. The van der Waals surface area contributed by atoms with Crippen LogP contribution in [0.3, 0.4) is 0 Å². The summed E-state index contributed by atoms with van der Waals surface area (Å²) in [6.45, 7) is 5.08. The van der Waals surface area contributed by atoms with E-state index in [1.54, 1.807) is 28.8 Å². The number of nitrogens with zero attached hydrogens (tertiary/aromatic N) is 2. The summed E-state index contributed by atoms with van der Waals surface area (Å²) in [5.74, 6) is -0.227. The minimum Gasteiger partial charge on any atom is -0.490 e. The number of hydrogen-bond donors (Lipinski definition) is 2. The van der Waals surface area contributed by atoms with Crippen LogP contribution in [-0.4, -0.2) is 78.4 Å². The molecule has 4 aliphatic heterocycles. The number of thioether (sulfide) groups is 1. The van der Waals surface area contributed by atoms with Gasteiger partial charge in [0.2, 0.25) is 11.8 Å². The number of carbonyl (C=O) groups excluding carboxylic acids is 3. The Balaban J connectivity index is 1.18. The van der Waals surface area contributed by atoms with Crippen molar-refractivity contribution in [2.24, 2.45) is 0 Å². The van der Waals surface area contributed by atoms with E-state index in [0.29, 0.717) is 30.9 Å². The Kier molecular flexibility index (Phi) is 6.07. The number of carbonyl (C=O) groups is 3. The van der Waals surface area contributed by atoms with Gasteiger partial charge in [-0.25, -0.2) is 0 Å². The van der Waals surface area contributed by atoms with Crippen molar-refractivity contribution in [2.45, 2.75) is 30.8 Å². The van der Waals surface area contributed by atoms with Gasteiger partial charge in [0.05, 0.1) is 19.8 Å². The first-order chi connectivity index (χ1) is 15.6. The lowest BCUT2D eigenvalue weighted by atomic mass is 10.0. The van der Waals surface area contributed by atoms with Gasteiger partial charge in [-0.1, -0.05) is 6.07 Å². The van der Waals surface area contributed by atoms with E-state index in [1.807, 2.05) is 6.07 Å². The summed E-state index contributed by atoms with van der Waals surface area (Å²) >= 11 is 1.70. The number of morpholine rings is 1. The van der Waals surface area contributed by atoms with Gasteiger partial charge in [0, 0.05) is 42.9 Å². The van der Waals surface area contributed by atoms with Crippen LogP contribution in [0.1, 0.15) is 28.8 Å². The van der Waals surface area contributed by atoms with Crippen LogP contribution >= 0.6 is 11.8 Å². The molecule has 0 aromatic heterocycles. The van der Waals surface area contributed by atoms with Crippen LogP contribution in [0.5, 0.6) is 5.75 Å². The van der Waals surface area contributed by atoms with E-state index in [1.165, 1.54) is 5.70 Å². The highest BCUT2D eigenvalue weighted by atomic mass is 32.2. The maximum Gasteiger partial charge on any atom is 0.255 e. The fraction of sp³-hybridized carbons (Fsp3) is 0.500. The zero-order valence-electron chi connectivity index (χ0n) is 17.7. The first-order valence-corrected chi connectivity index (χ1v) is 11.8. The van der Waals surface area contributed by atoms with Gasteiger partial charge in [-0.15, -0.1) is 11.8 Å². The fourth-order valence-electron chi connectivity index (χ4n) is 4.46. The predicted octanol–water partition coefficient (Wildman–Crippen LogP) is 0.663. The molecule has 170 valence electrons. The van der Waals surface area contributed by atoms with Crippen molar-refractivity contribution in [3.8, 4) is 5.75 Å². The molecule has 1 aromatic rings. The quantitative estimate of drug-likeness (QED) is 0.600. The molecule has 2 N–H and O–H groups in total. The highest BCUT2D eigenvalue weighted by Crippen LogP contribution is 2.34. The Hall–Kier alpha value is -2.56. The molecule has 9 nitrogen and oxygen atoms in total. The van der Waals surface area contributed by atoms with Crippen molar-refractivity contribution in [1.29, 1.82) is 0 Å². The number of hydrogen-bond acceptors (Lipinski definition) is 8. The largest absolute Gasteiger partial charge is 0.490 e. The molecular formula is C22H26N4O5S. The van der Waals surface area contributed by atoms with Gasteiger partial charge in [0.15, 0.2) is 0 Å². The molecule has 0 bridgehead atoms. The molecule has 2 fully saturated rings. The van der Waals surface area contributed by atoms with Crippen LogP contribution < -0.4 is 15.4 Å². The first kappa shape index (κ1) is 21.3. The van der Waals surface area contributed by atoms with E-state index in [9.17, 15) is 14.4 Å². The Labute approximate surface area is 190 Å². The van der Waals surface area contributed by atoms with Crippen molar-refractivity contribution in [3.05, 3.63) is 40.4 Å². The molecule has 2 saturated heterocycles. The summed E-state index contributed by atoms with van der Waals surface area (Å²) < 4.78 is 11.5. The molecule has 0 saturated carbocycles. The molecule has 3 amide bonds. The van der Waals surface area contributed by atoms with Crippen LogP contribution in [0.25, 0.3) is 0 Å². The van der Waals surface area contributed by atoms with E-state index < -0.39 is 11.9 Å². The second-order valence-electron chi connectivity index (χ2n) is 8.29. The molecule has 4 heterocycles. The molecule has 2 unspecified atom stereocenters. The summed E-state index contributed by atoms with van der Waals surface area (Å²) in [5.41, 5.74) is 2.54. The summed E-state index contributed by atoms with van der Waals surface area (Å²) in [4.78, 5) is 40.6. The average Bonchev–Trinajstić information content (AvgIpc) is 3.38. The Bertz CT molecular complexity index is 962. The van der Waals surface area contributed by atoms with E-state index in [2.05, 4.69) is 20.9 Å². The second-order valence-corrected chi connectivity index (χ2v) is 9.37. The number of imide groups is 1. The Morgan fingerprint density at radius 2 is 2.03 bits per heavy atom. The third kappa shape index (κ3) is 4.35. The third-order valence-corrected chi connectivity index (χ3v) is 7.15. The maximum absolute atomic E-state index is 12.9. The van der Waals surface area contributed by atoms with Gasteiger partial charge in [-0.3, -0.25) is 24.6 Å². The van der Waals surface area contributed by atoms with E-state index in [0.717, 1.165) is 38.4 Å². The molecule has 5 rings (SSSR count). The molecule has 10 heteroatoms. The lowest BCUT2D eigenvalue weighted by molar-refractivity contribution is -0.136. The standard InChI is InChI=1S/C22H26N4O5S/c27-19-5-4-17(21(28)24-19)26-11-16-15(22(26)29)2-1-3-18(16)31-12-20-23-14(13-32-20)10-25-6-8-30-9-7-25/h1-3,13,17,20,23H,4-12H2,(H,24,27,28). The average molecular weight is 459 g/mol. The van der Waals surface area contributed by atoms with Gasteiger partial charge in [0.1, 0.15) is 23.8 Å². The van der Waals surface area contributed by atoms with Crippen LogP contribution in [0.15, 0.2) is 29.3 Å². The summed E-state index contributed by atoms with van der Waals surface area (Å²) in [6.07, 6.45) is 0.588. The minimum absolute atomic E-state index is 0.102. The lowest BCUT2D eigenvalue weighted by Crippen LogP contribution is -2.52. The van der Waals surface area contributed by atoms with Gasteiger partial charge < -0.3 is 19.7 Å². The SMILES string of the molecule is O=C1CCC(N2Cc3c(OCC4NC(CN5CCOCC5)=CS4)cccc3C2=O)C(=O)N1. The number of amides is 3. The third-order valence-electron chi connectivity index (χ3n) is 6.15. The number of nitrogens with one attached hydrogen (secondary N) is 2. The second kappa shape index (κ2) is 9.13. The lowest BCUT2D eigenvalue weighted by Gasteiger charge is -2.29. The number of benzene rings is 1. The van der Waals surface area contributed by atoms with Gasteiger partial charge in [0.25, 0.3) is 5.91 Å². The van der Waals surface area contributed by atoms with Crippen molar-refractivity contribution in [2.75, 3.05) is 39.5 Å². The zero-order chi connectivity index (χ0) is 22.1. The number of ether oxygens (including phenoxy) is 2. The van der Waals surface area contributed by atoms with E-state index >= 15 is 0 Å². The van der Waals surface area contributed by atoms with Crippen molar-refractivity contribution < 1.29 is 23.9 Å². The van der Waals surface area contributed by atoms with Crippen LogP contribution in [-0.2, 0) is 20.9 Å². The van der Waals surface area contributed by atoms with E-state index in [-0.39, 0.29) is 23.6 Å². The summed E-state index contributed by atoms with van der Waals surface area (Å²) in [6, 6.07) is 4.81. The first-order valence-electron chi connectivity index (χ1n) is 10.9. The highest BCUT2D eigenvalue weighted by Gasteiger charge is 2.40. The van der Waals surface area contributed by atoms with Gasteiger partial charge >= 0.3 is 0 Å². The highest BCUT2D eigenvalue weighted by molar-refractivity contribution is 8.03. The van der Waals surface area contributed by atoms with Crippen LogP contribution in [0.2, 0.25) is 0 Å². The van der Waals surface area contributed by atoms with E-state index in [4.69, 9.17) is 9.47 Å². The summed E-state index contributed by atoms with van der Waals surface area (Å²) in [5, 5.41) is 8.09. The monoisotopic (exact) mass is 458 g/mol. The van der Waals surface area contributed by atoms with Gasteiger partial charge in [-0.2, -0.15) is 0 Å². The number of piperidine rings is 1. The smallest absolute Gasteiger partial charge is 0.255 e. The molecule has 0 radical (unpaired) electrons. The predicted molar refractivity (Wildman–Crippen MR) is 118 cm³/mol. The normalized spacial score (nSPS) is 25.9. The fourth-order valence-corrected chi connectivity index (χ4v) is 5.30. The molecular weight excluding hydrogens is 432 g/mol. The van der Waals surface area contributed by atoms with Crippen molar-refractivity contribution in [1.82, 2.24) is 20.4 Å². The Morgan fingerprint density at radius 1 is 1.19 bits per heavy atom. The van der Waals surface area contributed by atoms with Crippen molar-refractivity contribution in [3.63, 3.8) is 0 Å². The van der Waals surface area contributed by atoms with Crippen molar-refractivity contribution >= 4 is 29.5 Å². The number of rotatable bonds is 6.